The number of hydrogen-bond donors (Lipinski definition) is 1. The van der Waals surface area contributed by atoms with Gasteiger partial charge in [-0.15, -0.1) is 0 Å². The number of methoxy groups -OCH3 is 2. The molecule has 3 aromatic carbocycles. The minimum absolute atomic E-state index is 0.0310. The molecule has 198 valence electrons. The summed E-state index contributed by atoms with van der Waals surface area (Å²) in [6.45, 7) is 4.98. The zero-order chi connectivity index (χ0) is 26.6. The molecule has 0 spiro atoms. The number of hydrogen-bond acceptors (Lipinski definition) is 5. The van der Waals surface area contributed by atoms with Crippen molar-refractivity contribution in [1.82, 2.24) is 10.2 Å². The van der Waals surface area contributed by atoms with Crippen molar-refractivity contribution in [1.29, 1.82) is 0 Å². The Labute approximate surface area is 224 Å². The number of ether oxygens (including phenoxy) is 2. The van der Waals surface area contributed by atoms with Gasteiger partial charge in [0, 0.05) is 37.4 Å². The lowest BCUT2D eigenvalue weighted by Gasteiger charge is -2.45. The highest BCUT2D eigenvalue weighted by Crippen LogP contribution is 2.48. The molecule has 38 heavy (non-hydrogen) atoms. The Kier molecular flexibility index (Phi) is 7.54. The predicted octanol–water partition coefficient (Wildman–Crippen LogP) is 4.57. The molecule has 0 fully saturated rings. The molecule has 0 unspecified atom stereocenters. The fourth-order valence-corrected chi connectivity index (χ4v) is 5.84. The minimum atomic E-state index is -0.516. The van der Waals surface area contributed by atoms with Crippen LogP contribution in [0, 0.1) is 0 Å². The molecule has 2 heterocycles. The van der Waals surface area contributed by atoms with Gasteiger partial charge in [0.25, 0.3) is 5.91 Å². The highest BCUT2D eigenvalue weighted by molar-refractivity contribution is 6.01. The molecule has 0 bridgehead atoms. The Hall–Kier alpha value is -4.00. The Morgan fingerprint density at radius 3 is 2.45 bits per heavy atom. The van der Waals surface area contributed by atoms with E-state index in [1.165, 1.54) is 5.69 Å². The van der Waals surface area contributed by atoms with Crippen molar-refractivity contribution in [2.24, 2.45) is 0 Å². The number of amides is 2. The van der Waals surface area contributed by atoms with E-state index in [-0.39, 0.29) is 11.8 Å². The second-order valence-electron chi connectivity index (χ2n) is 9.72. The Bertz CT molecular complexity index is 1310. The van der Waals surface area contributed by atoms with Gasteiger partial charge in [-0.2, -0.15) is 0 Å². The molecule has 2 amide bonds. The number of nitrogens with one attached hydrogen (secondary N) is 1. The topological polar surface area (TPSA) is 71.1 Å². The first-order valence-corrected chi connectivity index (χ1v) is 13.3. The molecule has 0 aliphatic carbocycles. The van der Waals surface area contributed by atoms with E-state index in [9.17, 15) is 9.59 Å². The van der Waals surface area contributed by atoms with Gasteiger partial charge in [0.1, 0.15) is 0 Å². The van der Waals surface area contributed by atoms with Gasteiger partial charge in [-0.3, -0.25) is 9.59 Å². The van der Waals surface area contributed by atoms with Gasteiger partial charge in [0.05, 0.1) is 26.2 Å². The van der Waals surface area contributed by atoms with Crippen LogP contribution in [0.3, 0.4) is 0 Å². The summed E-state index contributed by atoms with van der Waals surface area (Å²) >= 11 is 0. The minimum Gasteiger partial charge on any atom is -0.493 e. The van der Waals surface area contributed by atoms with Crippen molar-refractivity contribution in [3.8, 4) is 11.5 Å². The number of anilines is 1. The van der Waals surface area contributed by atoms with Crippen LogP contribution >= 0.6 is 0 Å². The molecule has 3 aromatic rings. The SMILES string of the molecule is CCN(CCCNC(=O)[C@@H]1c2ccccc2C(=O)N2CCc3cc(OC)c(OC)cc3[C@H]12)c1ccccc1. The zero-order valence-electron chi connectivity index (χ0n) is 22.3. The number of rotatable bonds is 9. The summed E-state index contributed by atoms with van der Waals surface area (Å²) in [6, 6.07) is 21.3. The van der Waals surface area contributed by atoms with Crippen LogP contribution in [0.4, 0.5) is 5.69 Å². The monoisotopic (exact) mass is 513 g/mol. The van der Waals surface area contributed by atoms with Crippen LogP contribution in [0.25, 0.3) is 0 Å². The molecule has 2 aliphatic rings. The van der Waals surface area contributed by atoms with E-state index in [1.54, 1.807) is 14.2 Å². The van der Waals surface area contributed by atoms with Crippen LogP contribution in [0.5, 0.6) is 11.5 Å². The molecule has 7 heteroatoms. The summed E-state index contributed by atoms with van der Waals surface area (Å²) in [5.41, 5.74) is 4.58. The average Bonchev–Trinajstić information content (AvgIpc) is 2.96. The van der Waals surface area contributed by atoms with Gasteiger partial charge in [0.2, 0.25) is 5.91 Å². The standard InChI is InChI=1S/C31H35N3O4/c1-4-33(22-11-6-5-7-12-22)17-10-16-32-30(35)28-23-13-8-9-14-24(23)31(36)34-18-15-21-19-26(37-2)27(38-3)20-25(21)29(28)34/h5-9,11-14,19-20,28-29H,4,10,15-18H2,1-3H3,(H,32,35)/t28-,29-/m1/s1. The van der Waals surface area contributed by atoms with E-state index in [0.717, 1.165) is 36.2 Å². The number of nitrogens with zero attached hydrogens (tertiary/aromatic N) is 2. The van der Waals surface area contributed by atoms with E-state index in [0.29, 0.717) is 36.6 Å². The van der Waals surface area contributed by atoms with E-state index in [1.807, 2.05) is 59.5 Å². The third-order valence-corrected chi connectivity index (χ3v) is 7.71. The lowest BCUT2D eigenvalue weighted by molar-refractivity contribution is -0.124. The van der Waals surface area contributed by atoms with Crippen LogP contribution in [-0.2, 0) is 11.2 Å². The first-order chi connectivity index (χ1) is 18.6. The maximum absolute atomic E-state index is 13.9. The third-order valence-electron chi connectivity index (χ3n) is 7.71. The zero-order valence-corrected chi connectivity index (χ0v) is 22.3. The summed E-state index contributed by atoms with van der Waals surface area (Å²) < 4.78 is 11.1. The normalized spacial score (nSPS) is 17.7. The summed E-state index contributed by atoms with van der Waals surface area (Å²) in [4.78, 5) is 31.6. The Morgan fingerprint density at radius 2 is 1.71 bits per heavy atom. The van der Waals surface area contributed by atoms with E-state index in [2.05, 4.69) is 29.3 Å². The molecule has 0 aromatic heterocycles. The molecular formula is C31H35N3O4. The number of fused-ring (bicyclic) bond motifs is 4. The van der Waals surface area contributed by atoms with Crippen molar-refractivity contribution in [2.75, 3.05) is 45.3 Å². The van der Waals surface area contributed by atoms with Crippen LogP contribution in [-0.4, -0.2) is 57.1 Å². The van der Waals surface area contributed by atoms with E-state index in [4.69, 9.17) is 9.47 Å². The van der Waals surface area contributed by atoms with E-state index >= 15 is 0 Å². The number of carbonyl (C=O) groups excluding carboxylic acids is 2. The smallest absolute Gasteiger partial charge is 0.254 e. The molecular weight excluding hydrogens is 478 g/mol. The molecule has 1 N–H and O–H groups in total. The maximum Gasteiger partial charge on any atom is 0.254 e. The lowest BCUT2D eigenvalue weighted by atomic mass is 9.75. The first-order valence-electron chi connectivity index (χ1n) is 13.3. The fraction of sp³-hybridized carbons (Fsp3) is 0.355. The van der Waals surface area contributed by atoms with Gasteiger partial charge in [-0.05, 0) is 66.8 Å². The van der Waals surface area contributed by atoms with Crippen LogP contribution in [0.2, 0.25) is 0 Å². The molecule has 5 rings (SSSR count). The first kappa shape index (κ1) is 25.6. The third kappa shape index (κ3) is 4.69. The van der Waals surface area contributed by atoms with Crippen molar-refractivity contribution in [3.05, 3.63) is 89.0 Å². The van der Waals surface area contributed by atoms with Gasteiger partial charge >= 0.3 is 0 Å². The molecule has 0 saturated carbocycles. The summed E-state index contributed by atoms with van der Waals surface area (Å²) in [7, 11) is 3.22. The highest BCUT2D eigenvalue weighted by Gasteiger charge is 2.46. The number of carbonyl (C=O) groups is 2. The predicted molar refractivity (Wildman–Crippen MR) is 148 cm³/mol. The molecule has 7 nitrogen and oxygen atoms in total. The van der Waals surface area contributed by atoms with Crippen LogP contribution in [0.15, 0.2) is 66.7 Å². The highest BCUT2D eigenvalue weighted by atomic mass is 16.5. The number of para-hydroxylation sites is 1. The average molecular weight is 514 g/mol. The van der Waals surface area contributed by atoms with E-state index < -0.39 is 12.0 Å². The second kappa shape index (κ2) is 11.2. The molecule has 0 saturated heterocycles. The summed E-state index contributed by atoms with van der Waals surface area (Å²) in [5.74, 6) is 0.639. The van der Waals surface area contributed by atoms with Crippen molar-refractivity contribution in [3.63, 3.8) is 0 Å². The lowest BCUT2D eigenvalue weighted by Crippen LogP contribution is -2.50. The van der Waals surface area contributed by atoms with Crippen molar-refractivity contribution in [2.45, 2.75) is 31.7 Å². The number of benzene rings is 3. The van der Waals surface area contributed by atoms with Crippen LogP contribution < -0.4 is 19.7 Å². The quantitative estimate of drug-likeness (QED) is 0.425. The largest absolute Gasteiger partial charge is 0.493 e. The summed E-state index contributed by atoms with van der Waals surface area (Å²) in [6.07, 6.45) is 1.51. The Balaban J connectivity index is 1.41. The molecule has 0 radical (unpaired) electrons. The maximum atomic E-state index is 13.9. The van der Waals surface area contributed by atoms with Crippen molar-refractivity contribution >= 4 is 17.5 Å². The van der Waals surface area contributed by atoms with Gasteiger partial charge in [-0.25, -0.2) is 0 Å². The Morgan fingerprint density at radius 1 is 1.00 bits per heavy atom. The molecule has 2 atom stereocenters. The molecule has 2 aliphatic heterocycles. The second-order valence-corrected chi connectivity index (χ2v) is 9.72. The van der Waals surface area contributed by atoms with Crippen LogP contribution in [0.1, 0.15) is 52.4 Å². The van der Waals surface area contributed by atoms with Gasteiger partial charge < -0.3 is 24.6 Å². The van der Waals surface area contributed by atoms with Gasteiger partial charge in [0.15, 0.2) is 11.5 Å². The van der Waals surface area contributed by atoms with Crippen molar-refractivity contribution < 1.29 is 19.1 Å². The fourth-order valence-electron chi connectivity index (χ4n) is 5.84. The van der Waals surface area contributed by atoms with Gasteiger partial charge in [-0.1, -0.05) is 36.4 Å². The summed E-state index contributed by atoms with van der Waals surface area (Å²) in [5, 5.41) is 3.19.